The fraction of sp³-hybridized carbons (Fsp3) is 0.714. The molecule has 1 saturated heterocycles. The lowest BCUT2D eigenvalue weighted by molar-refractivity contribution is -0.239. The van der Waals surface area contributed by atoms with E-state index < -0.39 is 17.4 Å². The van der Waals surface area contributed by atoms with Crippen molar-refractivity contribution in [3.63, 3.8) is 0 Å². The Morgan fingerprint density at radius 2 is 1.70 bits per heavy atom. The average molecular weight is 286 g/mol. The van der Waals surface area contributed by atoms with Crippen molar-refractivity contribution in [2.45, 2.75) is 40.4 Å². The summed E-state index contributed by atoms with van der Waals surface area (Å²) in [6.07, 6.45) is 0.0548. The van der Waals surface area contributed by atoms with Gasteiger partial charge in [0.05, 0.1) is 18.8 Å². The van der Waals surface area contributed by atoms with Gasteiger partial charge < -0.3 is 19.7 Å². The zero-order chi connectivity index (χ0) is 15.5. The van der Waals surface area contributed by atoms with Crippen LogP contribution in [0.25, 0.3) is 0 Å². The molecule has 0 spiro atoms. The third-order valence-corrected chi connectivity index (χ3v) is 3.71. The van der Waals surface area contributed by atoms with Crippen LogP contribution in [0.4, 0.5) is 0 Å². The number of hydrogen-bond acceptors (Lipinski definition) is 4. The maximum Gasteiger partial charge on any atom is 0.332 e. The molecule has 0 aromatic carbocycles. The molecule has 1 aliphatic heterocycles. The molecule has 0 aromatic heterocycles. The lowest BCUT2D eigenvalue weighted by Gasteiger charge is -2.41. The molecular weight excluding hydrogens is 264 g/mol. The number of hydrogen-bond donors (Lipinski definition) is 2. The summed E-state index contributed by atoms with van der Waals surface area (Å²) >= 11 is 0. The average Bonchev–Trinajstić information content (AvgIpc) is 2.38. The summed E-state index contributed by atoms with van der Waals surface area (Å²) in [6, 6.07) is 0. The molecule has 0 unspecified atom stereocenters. The highest BCUT2D eigenvalue weighted by Gasteiger charge is 2.44. The van der Waals surface area contributed by atoms with Gasteiger partial charge in [0.25, 0.3) is 0 Å². The minimum absolute atomic E-state index is 0.130. The number of carboxylic acids is 2. The van der Waals surface area contributed by atoms with Gasteiger partial charge in [0.1, 0.15) is 0 Å². The topological polar surface area (TPSA) is 93.1 Å². The van der Waals surface area contributed by atoms with Crippen molar-refractivity contribution >= 4 is 11.9 Å². The summed E-state index contributed by atoms with van der Waals surface area (Å²) in [6.45, 7) is 7.30. The van der Waals surface area contributed by atoms with Crippen LogP contribution in [0.2, 0.25) is 0 Å². The van der Waals surface area contributed by atoms with Crippen LogP contribution in [0.3, 0.4) is 0 Å². The summed E-state index contributed by atoms with van der Waals surface area (Å²) in [7, 11) is 0. The first-order chi connectivity index (χ1) is 9.25. The number of aliphatic carboxylic acids is 2. The Balaban J connectivity index is 3.14. The summed E-state index contributed by atoms with van der Waals surface area (Å²) < 4.78 is 11.2. The lowest BCUT2D eigenvalue weighted by Crippen LogP contribution is -2.46. The van der Waals surface area contributed by atoms with Crippen LogP contribution in [0.15, 0.2) is 11.1 Å². The lowest BCUT2D eigenvalue weighted by atomic mass is 9.76. The fourth-order valence-corrected chi connectivity index (χ4v) is 2.38. The minimum Gasteiger partial charge on any atom is -0.478 e. The predicted molar refractivity (Wildman–Crippen MR) is 71.2 cm³/mol. The molecular formula is C14H22O6. The van der Waals surface area contributed by atoms with Crippen LogP contribution < -0.4 is 0 Å². The molecule has 1 aliphatic rings. The van der Waals surface area contributed by atoms with Crippen LogP contribution in [-0.2, 0) is 19.1 Å². The molecule has 114 valence electrons. The van der Waals surface area contributed by atoms with E-state index in [-0.39, 0.29) is 36.6 Å². The van der Waals surface area contributed by atoms with E-state index in [1.165, 1.54) is 6.92 Å². The number of carboxylic acid groups (broad SMARTS) is 2. The van der Waals surface area contributed by atoms with E-state index in [1.54, 1.807) is 6.92 Å². The van der Waals surface area contributed by atoms with E-state index in [4.69, 9.17) is 14.6 Å². The summed E-state index contributed by atoms with van der Waals surface area (Å²) in [5.74, 6) is -2.31. The Morgan fingerprint density at radius 1 is 1.20 bits per heavy atom. The van der Waals surface area contributed by atoms with Gasteiger partial charge in [-0.1, -0.05) is 20.8 Å². The molecule has 0 aliphatic carbocycles. The Kier molecular flexibility index (Phi) is 5.30. The summed E-state index contributed by atoms with van der Waals surface area (Å²) in [4.78, 5) is 22.6. The molecule has 0 saturated carbocycles. The standard InChI is InChI=1S/C14H22O6/c1-5-14(6-19-13(8(2)3)20-7-14)10(12(17)18)9(4)11(15)16/h8,13H,5-7H2,1-4H3,(H,15,16)(H,17,18)/b10-9+. The first kappa shape index (κ1) is 16.7. The van der Waals surface area contributed by atoms with E-state index in [2.05, 4.69) is 0 Å². The van der Waals surface area contributed by atoms with Gasteiger partial charge in [-0.2, -0.15) is 0 Å². The molecule has 6 nitrogen and oxygen atoms in total. The molecule has 1 rings (SSSR count). The monoisotopic (exact) mass is 286 g/mol. The van der Waals surface area contributed by atoms with Crippen LogP contribution in [0.5, 0.6) is 0 Å². The number of ether oxygens (including phenoxy) is 2. The van der Waals surface area contributed by atoms with Crippen molar-refractivity contribution in [1.82, 2.24) is 0 Å². The normalized spacial score (nSPS) is 28.1. The van der Waals surface area contributed by atoms with Crippen molar-refractivity contribution < 1.29 is 29.3 Å². The van der Waals surface area contributed by atoms with Crippen LogP contribution in [-0.4, -0.2) is 41.7 Å². The maximum atomic E-state index is 11.5. The fourth-order valence-electron chi connectivity index (χ4n) is 2.38. The van der Waals surface area contributed by atoms with Gasteiger partial charge in [0.2, 0.25) is 0 Å². The molecule has 0 radical (unpaired) electrons. The van der Waals surface area contributed by atoms with Crippen molar-refractivity contribution in [1.29, 1.82) is 0 Å². The predicted octanol–water partition coefficient (Wildman–Crippen LogP) is 1.90. The summed E-state index contributed by atoms with van der Waals surface area (Å²) in [5, 5.41) is 18.5. The Labute approximate surface area is 118 Å². The second-order valence-electron chi connectivity index (χ2n) is 5.48. The minimum atomic E-state index is -1.23. The van der Waals surface area contributed by atoms with Crippen LogP contribution in [0, 0.1) is 11.3 Å². The third-order valence-electron chi connectivity index (χ3n) is 3.71. The number of carbonyl (C=O) groups is 2. The Bertz CT molecular complexity index is 415. The van der Waals surface area contributed by atoms with Gasteiger partial charge in [0.15, 0.2) is 6.29 Å². The molecule has 1 fully saturated rings. The number of rotatable bonds is 5. The highest BCUT2D eigenvalue weighted by molar-refractivity contribution is 5.99. The molecule has 0 aromatic rings. The summed E-state index contributed by atoms with van der Waals surface area (Å²) in [5.41, 5.74) is -1.22. The molecule has 0 bridgehead atoms. The zero-order valence-corrected chi connectivity index (χ0v) is 12.3. The van der Waals surface area contributed by atoms with Crippen molar-refractivity contribution in [2.24, 2.45) is 11.3 Å². The Morgan fingerprint density at radius 3 is 2.00 bits per heavy atom. The van der Waals surface area contributed by atoms with Gasteiger partial charge in [0, 0.05) is 16.9 Å². The third kappa shape index (κ3) is 3.19. The van der Waals surface area contributed by atoms with Gasteiger partial charge in [-0.15, -0.1) is 0 Å². The first-order valence-electron chi connectivity index (χ1n) is 6.66. The van der Waals surface area contributed by atoms with E-state index in [0.29, 0.717) is 6.42 Å². The smallest absolute Gasteiger partial charge is 0.332 e. The highest BCUT2D eigenvalue weighted by Crippen LogP contribution is 2.39. The molecule has 0 atom stereocenters. The van der Waals surface area contributed by atoms with Gasteiger partial charge in [-0.25, -0.2) is 9.59 Å². The second kappa shape index (κ2) is 6.37. The van der Waals surface area contributed by atoms with E-state index >= 15 is 0 Å². The quantitative estimate of drug-likeness (QED) is 0.750. The largest absolute Gasteiger partial charge is 0.478 e. The van der Waals surface area contributed by atoms with E-state index in [9.17, 15) is 14.7 Å². The van der Waals surface area contributed by atoms with E-state index in [0.717, 1.165) is 0 Å². The van der Waals surface area contributed by atoms with Crippen molar-refractivity contribution in [3.8, 4) is 0 Å². The highest BCUT2D eigenvalue weighted by atomic mass is 16.7. The van der Waals surface area contributed by atoms with Gasteiger partial charge in [-0.3, -0.25) is 0 Å². The van der Waals surface area contributed by atoms with Crippen molar-refractivity contribution in [2.75, 3.05) is 13.2 Å². The van der Waals surface area contributed by atoms with Gasteiger partial charge >= 0.3 is 11.9 Å². The molecule has 1 heterocycles. The van der Waals surface area contributed by atoms with E-state index in [1.807, 2.05) is 13.8 Å². The zero-order valence-electron chi connectivity index (χ0n) is 12.3. The Hall–Kier alpha value is -1.40. The van der Waals surface area contributed by atoms with Crippen molar-refractivity contribution in [3.05, 3.63) is 11.1 Å². The van der Waals surface area contributed by atoms with Gasteiger partial charge in [-0.05, 0) is 13.3 Å². The first-order valence-corrected chi connectivity index (χ1v) is 6.66. The SMILES string of the molecule is CCC1(/C(C(=O)O)=C(\C)C(=O)O)COC(C(C)C)OC1. The maximum absolute atomic E-state index is 11.5. The molecule has 6 heteroatoms. The van der Waals surface area contributed by atoms with Crippen LogP contribution >= 0.6 is 0 Å². The second-order valence-corrected chi connectivity index (χ2v) is 5.48. The molecule has 2 N–H and O–H groups in total. The van der Waals surface area contributed by atoms with Crippen LogP contribution in [0.1, 0.15) is 34.1 Å². The molecule has 20 heavy (non-hydrogen) atoms. The molecule has 0 amide bonds.